The number of likely N-dealkylation sites (tertiary alicyclic amines) is 2. The first-order valence-corrected chi connectivity index (χ1v) is 6.84. The van der Waals surface area contributed by atoms with Gasteiger partial charge in [-0.05, 0) is 46.2 Å². The molecule has 98 valence electrons. The number of carbonyl (C=O) groups is 1. The van der Waals surface area contributed by atoms with Gasteiger partial charge < -0.3 is 15.5 Å². The van der Waals surface area contributed by atoms with E-state index >= 15 is 0 Å². The molecule has 3 atom stereocenters. The number of hydrogen-bond acceptors (Lipinski definition) is 3. The van der Waals surface area contributed by atoms with Gasteiger partial charge in [-0.25, -0.2) is 0 Å². The van der Waals surface area contributed by atoms with Crippen LogP contribution in [-0.2, 0) is 4.79 Å². The van der Waals surface area contributed by atoms with Crippen molar-refractivity contribution >= 4 is 5.91 Å². The number of nitrogens with zero attached hydrogens (tertiary/aromatic N) is 2. The molecule has 0 spiro atoms. The number of carbonyl (C=O) groups excluding carboxylic acids is 1. The Bertz CT molecular complexity index is 282. The van der Waals surface area contributed by atoms with E-state index in [9.17, 15) is 4.79 Å². The van der Waals surface area contributed by atoms with Crippen LogP contribution in [0.4, 0.5) is 0 Å². The highest BCUT2D eigenvalue weighted by atomic mass is 16.2. The molecule has 0 aromatic carbocycles. The van der Waals surface area contributed by atoms with Crippen LogP contribution in [0.25, 0.3) is 0 Å². The van der Waals surface area contributed by atoms with Crippen molar-refractivity contribution in [3.63, 3.8) is 0 Å². The fraction of sp³-hybridized carbons (Fsp3) is 0.923. The molecule has 17 heavy (non-hydrogen) atoms. The minimum absolute atomic E-state index is 0.203. The Morgan fingerprint density at radius 2 is 2.12 bits per heavy atom. The van der Waals surface area contributed by atoms with Crippen molar-refractivity contribution in [2.45, 2.75) is 44.7 Å². The van der Waals surface area contributed by atoms with Crippen molar-refractivity contribution in [3.8, 4) is 0 Å². The highest BCUT2D eigenvalue weighted by Crippen LogP contribution is 2.27. The lowest BCUT2D eigenvalue weighted by molar-refractivity contribution is -0.141. The van der Waals surface area contributed by atoms with E-state index in [1.54, 1.807) is 0 Å². The van der Waals surface area contributed by atoms with Crippen molar-refractivity contribution < 1.29 is 4.79 Å². The van der Waals surface area contributed by atoms with Crippen molar-refractivity contribution in [2.24, 2.45) is 11.7 Å². The van der Waals surface area contributed by atoms with Gasteiger partial charge in [-0.15, -0.1) is 0 Å². The fourth-order valence-electron chi connectivity index (χ4n) is 3.26. The number of amides is 1. The summed E-state index contributed by atoms with van der Waals surface area (Å²) in [5.74, 6) is 0.548. The van der Waals surface area contributed by atoms with Gasteiger partial charge in [0, 0.05) is 25.2 Å². The normalized spacial score (nSPS) is 35.2. The van der Waals surface area contributed by atoms with Crippen LogP contribution < -0.4 is 5.73 Å². The highest BCUT2D eigenvalue weighted by molar-refractivity contribution is 5.80. The van der Waals surface area contributed by atoms with Crippen molar-refractivity contribution in [3.05, 3.63) is 0 Å². The fourth-order valence-corrected chi connectivity index (χ4v) is 3.26. The largest absolute Gasteiger partial charge is 0.335 e. The van der Waals surface area contributed by atoms with Crippen LogP contribution in [0.1, 0.15) is 32.6 Å². The lowest BCUT2D eigenvalue weighted by Gasteiger charge is -2.41. The Balaban J connectivity index is 2.04. The summed E-state index contributed by atoms with van der Waals surface area (Å²) >= 11 is 0. The molecule has 0 saturated carbocycles. The number of rotatable bonds is 2. The molecular formula is C13H25N3O. The van der Waals surface area contributed by atoms with E-state index in [0.29, 0.717) is 18.5 Å². The second-order valence-corrected chi connectivity index (χ2v) is 5.66. The molecule has 2 heterocycles. The summed E-state index contributed by atoms with van der Waals surface area (Å²) in [5.41, 5.74) is 5.82. The van der Waals surface area contributed by atoms with Crippen LogP contribution in [0.15, 0.2) is 0 Å². The summed E-state index contributed by atoms with van der Waals surface area (Å²) in [6, 6.07) is 0.646. The molecule has 0 aliphatic carbocycles. The first kappa shape index (κ1) is 12.8. The summed E-state index contributed by atoms with van der Waals surface area (Å²) in [6.45, 7) is 4.74. The average Bonchev–Trinajstić information content (AvgIpc) is 2.74. The lowest BCUT2D eigenvalue weighted by atomic mass is 9.94. The van der Waals surface area contributed by atoms with Crippen molar-refractivity contribution in [1.29, 1.82) is 0 Å². The Labute approximate surface area is 104 Å². The third-order valence-electron chi connectivity index (χ3n) is 4.29. The van der Waals surface area contributed by atoms with Crippen molar-refractivity contribution in [2.75, 3.05) is 26.7 Å². The van der Waals surface area contributed by atoms with Crippen LogP contribution in [-0.4, -0.2) is 54.5 Å². The zero-order chi connectivity index (χ0) is 12.4. The molecule has 2 fully saturated rings. The SMILES string of the molecule is CC1CCCC(CN)N1C(=O)C1CCN(C)C1. The Kier molecular flexibility index (Phi) is 4.05. The van der Waals surface area contributed by atoms with Crippen LogP contribution >= 0.6 is 0 Å². The molecule has 0 bridgehead atoms. The van der Waals surface area contributed by atoms with E-state index in [0.717, 1.165) is 32.4 Å². The Morgan fingerprint density at radius 3 is 2.71 bits per heavy atom. The third kappa shape index (κ3) is 2.63. The first-order valence-electron chi connectivity index (χ1n) is 6.84. The number of piperidine rings is 1. The maximum absolute atomic E-state index is 12.6. The van der Waals surface area contributed by atoms with Gasteiger partial charge in [0.15, 0.2) is 0 Å². The second-order valence-electron chi connectivity index (χ2n) is 5.66. The molecule has 3 unspecified atom stereocenters. The van der Waals surface area contributed by atoms with Gasteiger partial charge in [-0.1, -0.05) is 0 Å². The van der Waals surface area contributed by atoms with Gasteiger partial charge in [0.2, 0.25) is 5.91 Å². The molecule has 2 rings (SSSR count). The summed E-state index contributed by atoms with van der Waals surface area (Å²) < 4.78 is 0. The van der Waals surface area contributed by atoms with E-state index < -0.39 is 0 Å². The third-order valence-corrected chi connectivity index (χ3v) is 4.29. The van der Waals surface area contributed by atoms with Crippen LogP contribution in [0, 0.1) is 5.92 Å². The smallest absolute Gasteiger partial charge is 0.227 e. The van der Waals surface area contributed by atoms with E-state index in [-0.39, 0.29) is 12.0 Å². The minimum atomic E-state index is 0.203. The van der Waals surface area contributed by atoms with Gasteiger partial charge in [0.1, 0.15) is 0 Å². The monoisotopic (exact) mass is 239 g/mol. The Hall–Kier alpha value is -0.610. The molecule has 0 radical (unpaired) electrons. The van der Waals surface area contributed by atoms with Gasteiger partial charge in [0.05, 0.1) is 5.92 Å². The van der Waals surface area contributed by atoms with Gasteiger partial charge >= 0.3 is 0 Å². The average molecular weight is 239 g/mol. The predicted octanol–water partition coefficient (Wildman–Crippen LogP) is 0.666. The number of hydrogen-bond donors (Lipinski definition) is 1. The maximum atomic E-state index is 12.6. The molecule has 2 aliphatic heterocycles. The second kappa shape index (κ2) is 5.36. The van der Waals surface area contributed by atoms with Gasteiger partial charge in [-0.2, -0.15) is 0 Å². The summed E-state index contributed by atoms with van der Waals surface area (Å²) in [5, 5.41) is 0. The first-order chi connectivity index (χ1) is 8.13. The van der Waals surface area contributed by atoms with E-state index in [1.807, 2.05) is 0 Å². The van der Waals surface area contributed by atoms with E-state index in [2.05, 4.69) is 23.8 Å². The molecule has 0 aromatic heterocycles. The maximum Gasteiger partial charge on any atom is 0.227 e. The zero-order valence-electron chi connectivity index (χ0n) is 11.1. The molecule has 4 nitrogen and oxygen atoms in total. The molecule has 0 aromatic rings. The standard InChI is InChI=1S/C13H25N3O/c1-10-4-3-5-12(8-14)16(10)13(17)11-6-7-15(2)9-11/h10-12H,3-9,14H2,1-2H3. The lowest BCUT2D eigenvalue weighted by Crippen LogP contribution is -2.54. The summed E-state index contributed by atoms with van der Waals surface area (Å²) in [4.78, 5) is 16.9. The molecule has 4 heteroatoms. The van der Waals surface area contributed by atoms with Gasteiger partial charge in [-0.3, -0.25) is 4.79 Å². The predicted molar refractivity (Wildman–Crippen MR) is 68.6 cm³/mol. The summed E-state index contributed by atoms with van der Waals surface area (Å²) in [6.07, 6.45) is 4.42. The number of nitrogens with two attached hydrogens (primary N) is 1. The van der Waals surface area contributed by atoms with Gasteiger partial charge in [0.25, 0.3) is 0 Å². The van der Waals surface area contributed by atoms with E-state index in [4.69, 9.17) is 5.73 Å². The zero-order valence-corrected chi connectivity index (χ0v) is 11.1. The highest BCUT2D eigenvalue weighted by Gasteiger charge is 2.36. The van der Waals surface area contributed by atoms with E-state index in [1.165, 1.54) is 6.42 Å². The molecule has 2 N–H and O–H groups in total. The van der Waals surface area contributed by atoms with Crippen LogP contribution in [0.5, 0.6) is 0 Å². The quantitative estimate of drug-likeness (QED) is 0.770. The molecule has 2 aliphatic rings. The molecule has 2 saturated heterocycles. The molecule has 1 amide bonds. The molecular weight excluding hydrogens is 214 g/mol. The Morgan fingerprint density at radius 1 is 1.35 bits per heavy atom. The van der Waals surface area contributed by atoms with Crippen LogP contribution in [0.2, 0.25) is 0 Å². The summed E-state index contributed by atoms with van der Waals surface area (Å²) in [7, 11) is 2.09. The van der Waals surface area contributed by atoms with Crippen molar-refractivity contribution in [1.82, 2.24) is 9.80 Å². The topological polar surface area (TPSA) is 49.6 Å². The van der Waals surface area contributed by atoms with Crippen LogP contribution in [0.3, 0.4) is 0 Å². The minimum Gasteiger partial charge on any atom is -0.335 e.